The maximum Gasteiger partial charge on any atom is 0.174 e. The molecule has 0 amide bonds. The van der Waals surface area contributed by atoms with Crippen molar-refractivity contribution in [2.75, 3.05) is 13.7 Å². The summed E-state index contributed by atoms with van der Waals surface area (Å²) in [7, 11) is 1.62. The second-order valence-corrected chi connectivity index (χ2v) is 11.7. The van der Waals surface area contributed by atoms with Crippen molar-refractivity contribution in [1.82, 2.24) is 0 Å². The van der Waals surface area contributed by atoms with Crippen molar-refractivity contribution in [3.63, 3.8) is 0 Å². The number of carbonyl (C=O) groups excluding carboxylic acids is 2. The number of carbonyl (C=O) groups is 2. The third-order valence-corrected chi connectivity index (χ3v) is 7.25. The summed E-state index contributed by atoms with van der Waals surface area (Å²) in [6.45, 7) is 10.8. The predicted octanol–water partition coefficient (Wildman–Crippen LogP) is 6.10. The lowest BCUT2D eigenvalue weighted by Gasteiger charge is -2.42. The lowest BCUT2D eigenvalue weighted by Crippen LogP contribution is -2.37. The second kappa shape index (κ2) is 8.19. The Kier molecular flexibility index (Phi) is 5.97. The average molecular weight is 550 g/mol. The molecule has 0 N–H and O–H groups in total. The highest BCUT2D eigenvalue weighted by atomic mass is 127. The number of ketones is 2. The van der Waals surface area contributed by atoms with Crippen LogP contribution in [0.2, 0.25) is 0 Å². The highest BCUT2D eigenvalue weighted by Crippen LogP contribution is 2.54. The molecule has 1 aromatic rings. The maximum atomic E-state index is 13.4. The summed E-state index contributed by atoms with van der Waals surface area (Å²) in [4.78, 5) is 26.9. The molecule has 1 heterocycles. The standard InChI is InChI=1S/C26H31IO5/c1-7-31-18-9-14(8-15(27)24(18)30-6)21-22-16(28)10-25(2,3)12-19(22)32-20-13-26(4,5)11-17(29)23(20)21/h8-9,21H,7,10-13H2,1-6H3. The Morgan fingerprint density at radius 1 is 0.969 bits per heavy atom. The maximum absolute atomic E-state index is 13.4. The highest BCUT2D eigenvalue weighted by Gasteiger charge is 2.48. The first kappa shape index (κ1) is 23.3. The molecule has 0 saturated heterocycles. The Morgan fingerprint density at radius 3 is 1.97 bits per heavy atom. The minimum atomic E-state index is -0.431. The zero-order valence-electron chi connectivity index (χ0n) is 19.7. The van der Waals surface area contributed by atoms with E-state index in [1.807, 2.05) is 19.1 Å². The molecule has 32 heavy (non-hydrogen) atoms. The zero-order chi connectivity index (χ0) is 23.4. The van der Waals surface area contributed by atoms with E-state index in [1.54, 1.807) is 7.11 Å². The number of hydrogen-bond acceptors (Lipinski definition) is 5. The van der Waals surface area contributed by atoms with Gasteiger partial charge in [0.25, 0.3) is 0 Å². The fraction of sp³-hybridized carbons (Fsp3) is 0.538. The molecule has 0 bridgehead atoms. The molecule has 0 spiro atoms. The van der Waals surface area contributed by atoms with Crippen LogP contribution < -0.4 is 9.47 Å². The second-order valence-electron chi connectivity index (χ2n) is 10.6. The average Bonchev–Trinajstić information content (AvgIpc) is 2.64. The Bertz CT molecular complexity index is 1010. The number of benzene rings is 1. The van der Waals surface area contributed by atoms with Gasteiger partial charge < -0.3 is 14.2 Å². The zero-order valence-corrected chi connectivity index (χ0v) is 21.8. The molecule has 0 aromatic heterocycles. The first-order valence-electron chi connectivity index (χ1n) is 11.2. The van der Waals surface area contributed by atoms with E-state index in [0.717, 1.165) is 20.7 Å². The smallest absolute Gasteiger partial charge is 0.174 e. The third kappa shape index (κ3) is 4.11. The van der Waals surface area contributed by atoms with Gasteiger partial charge in [0.15, 0.2) is 23.1 Å². The highest BCUT2D eigenvalue weighted by molar-refractivity contribution is 14.1. The minimum Gasteiger partial charge on any atom is -0.492 e. The lowest BCUT2D eigenvalue weighted by molar-refractivity contribution is -0.120. The van der Waals surface area contributed by atoms with Crippen LogP contribution in [0.4, 0.5) is 0 Å². The number of Topliss-reactive ketones (excluding diaryl/α,β-unsaturated/α-hetero) is 2. The topological polar surface area (TPSA) is 61.8 Å². The van der Waals surface area contributed by atoms with E-state index in [2.05, 4.69) is 50.3 Å². The summed E-state index contributed by atoms with van der Waals surface area (Å²) in [6.07, 6.45) is 2.25. The number of ether oxygens (including phenoxy) is 3. The van der Waals surface area contributed by atoms with Crippen molar-refractivity contribution in [1.29, 1.82) is 0 Å². The van der Waals surface area contributed by atoms with E-state index in [1.165, 1.54) is 0 Å². The third-order valence-electron chi connectivity index (χ3n) is 6.45. The largest absolute Gasteiger partial charge is 0.492 e. The van der Waals surface area contributed by atoms with E-state index < -0.39 is 5.92 Å². The van der Waals surface area contributed by atoms with Gasteiger partial charge >= 0.3 is 0 Å². The fourth-order valence-corrected chi connectivity index (χ4v) is 6.07. The normalized spacial score (nSPS) is 22.3. The van der Waals surface area contributed by atoms with Crippen LogP contribution in [0.25, 0.3) is 0 Å². The van der Waals surface area contributed by atoms with Gasteiger partial charge in [0.2, 0.25) is 0 Å². The molecule has 3 aliphatic rings. The summed E-state index contributed by atoms with van der Waals surface area (Å²) in [5.41, 5.74) is 1.82. The molecule has 0 radical (unpaired) electrons. The SMILES string of the molecule is CCOc1cc(C2C3=C(CC(C)(C)CC3=O)OC3=C2C(=O)CC(C)(C)C3)cc(I)c1OC. The van der Waals surface area contributed by atoms with Crippen LogP contribution in [0.3, 0.4) is 0 Å². The predicted molar refractivity (Wildman–Crippen MR) is 131 cm³/mol. The first-order chi connectivity index (χ1) is 15.0. The Labute approximate surface area is 203 Å². The number of methoxy groups -OCH3 is 1. The van der Waals surface area contributed by atoms with Crippen molar-refractivity contribution in [2.45, 2.75) is 66.2 Å². The van der Waals surface area contributed by atoms with E-state index >= 15 is 0 Å². The van der Waals surface area contributed by atoms with E-state index in [0.29, 0.717) is 54.9 Å². The van der Waals surface area contributed by atoms with Crippen molar-refractivity contribution in [3.8, 4) is 11.5 Å². The Morgan fingerprint density at radius 2 is 1.50 bits per heavy atom. The van der Waals surface area contributed by atoms with E-state index in [4.69, 9.17) is 14.2 Å². The van der Waals surface area contributed by atoms with Crippen LogP contribution >= 0.6 is 22.6 Å². The Balaban J connectivity index is 1.95. The molecule has 0 unspecified atom stereocenters. The molecule has 0 saturated carbocycles. The van der Waals surface area contributed by atoms with Gasteiger partial charge in [-0.15, -0.1) is 0 Å². The van der Waals surface area contributed by atoms with Gasteiger partial charge in [-0.25, -0.2) is 0 Å². The Hall–Kier alpha value is -1.83. The van der Waals surface area contributed by atoms with Crippen LogP contribution in [0, 0.1) is 14.4 Å². The van der Waals surface area contributed by atoms with Gasteiger partial charge in [-0.05, 0) is 58.0 Å². The molecule has 0 fully saturated rings. The summed E-state index contributed by atoms with van der Waals surface area (Å²) in [5.74, 6) is 2.44. The summed E-state index contributed by atoms with van der Waals surface area (Å²) in [6, 6.07) is 3.93. The molecular formula is C26H31IO5. The van der Waals surface area contributed by atoms with Crippen molar-refractivity contribution in [2.24, 2.45) is 10.8 Å². The van der Waals surface area contributed by atoms with Gasteiger partial charge in [0.05, 0.1) is 17.3 Å². The molecule has 5 nitrogen and oxygen atoms in total. The summed E-state index contributed by atoms with van der Waals surface area (Å²) in [5, 5.41) is 0. The lowest BCUT2D eigenvalue weighted by atomic mass is 9.65. The van der Waals surface area contributed by atoms with Crippen molar-refractivity contribution < 1.29 is 23.8 Å². The van der Waals surface area contributed by atoms with Crippen LogP contribution in [-0.2, 0) is 14.3 Å². The molecular weight excluding hydrogens is 519 g/mol. The number of halogens is 1. The molecule has 1 aliphatic heterocycles. The van der Waals surface area contributed by atoms with Gasteiger partial charge in [0, 0.05) is 42.7 Å². The number of rotatable bonds is 4. The summed E-state index contributed by atoms with van der Waals surface area (Å²) >= 11 is 2.23. The van der Waals surface area contributed by atoms with Gasteiger partial charge in [-0.2, -0.15) is 0 Å². The van der Waals surface area contributed by atoms with Gasteiger partial charge in [-0.3, -0.25) is 9.59 Å². The molecule has 172 valence electrons. The van der Waals surface area contributed by atoms with Crippen LogP contribution in [0.15, 0.2) is 34.8 Å². The van der Waals surface area contributed by atoms with Gasteiger partial charge in [-0.1, -0.05) is 27.7 Å². The quantitative estimate of drug-likeness (QED) is 0.424. The van der Waals surface area contributed by atoms with E-state index in [9.17, 15) is 9.59 Å². The van der Waals surface area contributed by atoms with Gasteiger partial charge in [0.1, 0.15) is 11.5 Å². The molecule has 1 aromatic carbocycles. The molecule has 6 heteroatoms. The number of allylic oxidation sites excluding steroid dienone is 4. The number of hydrogen-bond donors (Lipinski definition) is 0. The van der Waals surface area contributed by atoms with Crippen LogP contribution in [-0.4, -0.2) is 25.3 Å². The van der Waals surface area contributed by atoms with E-state index in [-0.39, 0.29) is 22.4 Å². The fourth-order valence-electron chi connectivity index (χ4n) is 5.22. The molecule has 0 atom stereocenters. The van der Waals surface area contributed by atoms with Crippen LogP contribution in [0.1, 0.15) is 71.8 Å². The van der Waals surface area contributed by atoms with Crippen molar-refractivity contribution >= 4 is 34.2 Å². The molecule has 2 aliphatic carbocycles. The van der Waals surface area contributed by atoms with Crippen molar-refractivity contribution in [3.05, 3.63) is 43.9 Å². The first-order valence-corrected chi connectivity index (χ1v) is 12.2. The minimum absolute atomic E-state index is 0.0641. The molecule has 4 rings (SSSR count). The summed E-state index contributed by atoms with van der Waals surface area (Å²) < 4.78 is 18.7. The monoisotopic (exact) mass is 550 g/mol. The van der Waals surface area contributed by atoms with Crippen LogP contribution in [0.5, 0.6) is 11.5 Å².